The van der Waals surface area contributed by atoms with Gasteiger partial charge in [0.25, 0.3) is 0 Å². The topological polar surface area (TPSA) is 85.3 Å². The van der Waals surface area contributed by atoms with Crippen LogP contribution in [0.5, 0.6) is 11.5 Å². The van der Waals surface area contributed by atoms with Crippen molar-refractivity contribution >= 4 is 21.4 Å². The van der Waals surface area contributed by atoms with Crippen molar-refractivity contribution in [3.63, 3.8) is 0 Å². The standard InChI is InChI=1S/C22H18N2O3S/c1-12(2)26-14-9-7-13(8-10-14)18-16(11-23)21(24)27-20-15-5-3-4-6-17(15)28-22(25)19(18)20/h3-10,12,18H,24H2,1-2H3/t18-/m0/s1. The SMILES string of the molecule is CC(C)Oc1ccc([C@H]2C(C#N)=C(N)Oc3c2c(=O)sc2ccccc32)cc1. The quantitative estimate of drug-likeness (QED) is 0.722. The Labute approximate surface area is 166 Å². The Morgan fingerprint density at radius 3 is 2.57 bits per heavy atom. The van der Waals surface area contributed by atoms with Crippen LogP contribution in [-0.4, -0.2) is 6.10 Å². The van der Waals surface area contributed by atoms with Crippen LogP contribution in [0.2, 0.25) is 0 Å². The molecule has 6 heteroatoms. The summed E-state index contributed by atoms with van der Waals surface area (Å²) in [5.41, 5.74) is 7.56. The molecule has 4 rings (SSSR count). The summed E-state index contributed by atoms with van der Waals surface area (Å²) >= 11 is 1.15. The summed E-state index contributed by atoms with van der Waals surface area (Å²) in [6.45, 7) is 3.91. The largest absolute Gasteiger partial charge is 0.491 e. The highest BCUT2D eigenvalue weighted by atomic mass is 32.1. The zero-order valence-corrected chi connectivity index (χ0v) is 16.2. The monoisotopic (exact) mass is 390 g/mol. The molecule has 1 aliphatic rings. The molecule has 1 atom stereocenters. The first kappa shape index (κ1) is 18.1. The van der Waals surface area contributed by atoms with Crippen molar-refractivity contribution in [3.05, 3.63) is 80.7 Å². The smallest absolute Gasteiger partial charge is 0.240 e. The fourth-order valence-corrected chi connectivity index (χ4v) is 4.35. The summed E-state index contributed by atoms with van der Waals surface area (Å²) in [5.74, 6) is 0.618. The van der Waals surface area contributed by atoms with Gasteiger partial charge in [0.05, 0.1) is 17.6 Å². The first-order valence-corrected chi connectivity index (χ1v) is 9.71. The van der Waals surface area contributed by atoms with Crippen LogP contribution in [0.3, 0.4) is 0 Å². The molecule has 28 heavy (non-hydrogen) atoms. The molecule has 0 aliphatic carbocycles. The molecule has 0 amide bonds. The van der Waals surface area contributed by atoms with Crippen LogP contribution in [0.1, 0.15) is 30.9 Å². The zero-order valence-electron chi connectivity index (χ0n) is 15.4. The number of nitrogens with two attached hydrogens (primary N) is 1. The molecule has 3 aromatic rings. The molecule has 5 nitrogen and oxygen atoms in total. The van der Waals surface area contributed by atoms with E-state index in [4.69, 9.17) is 15.2 Å². The lowest BCUT2D eigenvalue weighted by Gasteiger charge is -2.26. The molecule has 2 aromatic carbocycles. The van der Waals surface area contributed by atoms with E-state index in [1.54, 1.807) is 0 Å². The van der Waals surface area contributed by atoms with Gasteiger partial charge in [-0.1, -0.05) is 35.6 Å². The highest BCUT2D eigenvalue weighted by molar-refractivity contribution is 7.16. The highest BCUT2D eigenvalue weighted by Gasteiger charge is 2.34. The van der Waals surface area contributed by atoms with Gasteiger partial charge in [-0.2, -0.15) is 5.26 Å². The molecule has 0 fully saturated rings. The lowest BCUT2D eigenvalue weighted by Crippen LogP contribution is -2.25. The van der Waals surface area contributed by atoms with E-state index in [0.29, 0.717) is 11.3 Å². The van der Waals surface area contributed by atoms with Gasteiger partial charge in [-0.3, -0.25) is 4.79 Å². The second kappa shape index (κ2) is 7.02. The van der Waals surface area contributed by atoms with Gasteiger partial charge in [-0.15, -0.1) is 0 Å². The zero-order chi connectivity index (χ0) is 19.8. The van der Waals surface area contributed by atoms with Crippen molar-refractivity contribution in [2.24, 2.45) is 5.73 Å². The first-order valence-electron chi connectivity index (χ1n) is 8.89. The molecule has 0 spiro atoms. The molecule has 0 unspecified atom stereocenters. The molecule has 2 heterocycles. The van der Waals surface area contributed by atoms with E-state index in [-0.39, 0.29) is 22.3 Å². The summed E-state index contributed by atoms with van der Waals surface area (Å²) in [5, 5.41) is 10.5. The number of nitrogens with zero attached hydrogens (tertiary/aromatic N) is 1. The van der Waals surface area contributed by atoms with Gasteiger partial charge in [0.15, 0.2) is 0 Å². The van der Waals surface area contributed by atoms with Crippen molar-refractivity contribution in [1.29, 1.82) is 5.26 Å². The summed E-state index contributed by atoms with van der Waals surface area (Å²) in [7, 11) is 0. The lowest BCUT2D eigenvalue weighted by atomic mass is 9.84. The average Bonchev–Trinajstić information content (AvgIpc) is 2.67. The minimum absolute atomic E-state index is 0.0308. The Morgan fingerprint density at radius 2 is 1.89 bits per heavy atom. The van der Waals surface area contributed by atoms with E-state index in [1.165, 1.54) is 0 Å². The van der Waals surface area contributed by atoms with Crippen LogP contribution in [0.15, 0.2) is 64.8 Å². The van der Waals surface area contributed by atoms with Crippen molar-refractivity contribution in [3.8, 4) is 17.6 Å². The van der Waals surface area contributed by atoms with Crippen molar-refractivity contribution in [2.75, 3.05) is 0 Å². The number of ether oxygens (including phenoxy) is 2. The lowest BCUT2D eigenvalue weighted by molar-refractivity contribution is 0.242. The molecule has 140 valence electrons. The predicted molar refractivity (Wildman–Crippen MR) is 110 cm³/mol. The van der Waals surface area contributed by atoms with Crippen LogP contribution in [0, 0.1) is 11.3 Å². The van der Waals surface area contributed by atoms with E-state index in [1.807, 2.05) is 62.4 Å². The highest BCUT2D eigenvalue weighted by Crippen LogP contribution is 2.44. The molecule has 1 aliphatic heterocycles. The molecular weight excluding hydrogens is 372 g/mol. The van der Waals surface area contributed by atoms with Gasteiger partial charge in [0.1, 0.15) is 23.1 Å². The molecule has 2 N–H and O–H groups in total. The predicted octanol–water partition coefficient (Wildman–Crippen LogP) is 4.27. The Balaban J connectivity index is 1.93. The first-order chi connectivity index (χ1) is 13.5. The van der Waals surface area contributed by atoms with Crippen LogP contribution in [-0.2, 0) is 0 Å². The van der Waals surface area contributed by atoms with E-state index in [2.05, 4.69) is 6.07 Å². The maximum atomic E-state index is 13.0. The Hall–Kier alpha value is -3.30. The fourth-order valence-electron chi connectivity index (χ4n) is 3.41. The van der Waals surface area contributed by atoms with Gasteiger partial charge in [-0.25, -0.2) is 0 Å². The maximum Gasteiger partial charge on any atom is 0.240 e. The van der Waals surface area contributed by atoms with Crippen molar-refractivity contribution in [1.82, 2.24) is 0 Å². The fraction of sp³-hybridized carbons (Fsp3) is 0.182. The van der Waals surface area contributed by atoms with E-state index < -0.39 is 5.92 Å². The van der Waals surface area contributed by atoms with Gasteiger partial charge < -0.3 is 15.2 Å². The van der Waals surface area contributed by atoms with E-state index in [9.17, 15) is 10.1 Å². The Morgan fingerprint density at radius 1 is 1.18 bits per heavy atom. The van der Waals surface area contributed by atoms with Crippen LogP contribution >= 0.6 is 11.3 Å². The maximum absolute atomic E-state index is 13.0. The van der Waals surface area contributed by atoms with Gasteiger partial charge in [0, 0.05) is 10.1 Å². The van der Waals surface area contributed by atoms with Gasteiger partial charge in [0.2, 0.25) is 10.6 Å². The third-order valence-electron chi connectivity index (χ3n) is 4.56. The number of fused-ring (bicyclic) bond motifs is 3. The second-order valence-electron chi connectivity index (χ2n) is 6.79. The van der Waals surface area contributed by atoms with Crippen LogP contribution in [0.4, 0.5) is 0 Å². The number of allylic oxidation sites excluding steroid dienone is 1. The van der Waals surface area contributed by atoms with Crippen LogP contribution in [0.25, 0.3) is 10.1 Å². The molecule has 0 saturated carbocycles. The summed E-state index contributed by atoms with van der Waals surface area (Å²) in [4.78, 5) is 13.0. The normalized spacial score (nSPS) is 15.9. The number of rotatable bonds is 3. The Bertz CT molecular complexity index is 1190. The molecule has 1 aromatic heterocycles. The second-order valence-corrected chi connectivity index (χ2v) is 7.80. The number of hydrogen-bond acceptors (Lipinski definition) is 6. The molecule has 0 bridgehead atoms. The minimum Gasteiger partial charge on any atom is -0.491 e. The van der Waals surface area contributed by atoms with Crippen molar-refractivity contribution in [2.45, 2.75) is 25.9 Å². The van der Waals surface area contributed by atoms with Crippen molar-refractivity contribution < 1.29 is 9.47 Å². The minimum atomic E-state index is -0.574. The molecule has 0 radical (unpaired) electrons. The summed E-state index contributed by atoms with van der Waals surface area (Å²) in [6.07, 6.45) is 0.0567. The Kier molecular flexibility index (Phi) is 4.54. The number of benzene rings is 2. The third kappa shape index (κ3) is 3.00. The summed E-state index contributed by atoms with van der Waals surface area (Å²) < 4.78 is 12.2. The van der Waals surface area contributed by atoms with Gasteiger partial charge >= 0.3 is 0 Å². The third-order valence-corrected chi connectivity index (χ3v) is 5.54. The number of nitriles is 1. The molecule has 0 saturated heterocycles. The average molecular weight is 390 g/mol. The van der Waals surface area contributed by atoms with E-state index >= 15 is 0 Å². The molecular formula is C22H18N2O3S. The van der Waals surface area contributed by atoms with Crippen LogP contribution < -0.4 is 19.9 Å². The summed E-state index contributed by atoms with van der Waals surface area (Å²) in [6, 6.07) is 17.1. The van der Waals surface area contributed by atoms with Gasteiger partial charge in [-0.05, 0) is 43.7 Å². The van der Waals surface area contributed by atoms with E-state index in [0.717, 1.165) is 32.7 Å². The number of hydrogen-bond donors (Lipinski definition) is 1.